The fourth-order valence-electron chi connectivity index (χ4n) is 1.98. The zero-order valence-corrected chi connectivity index (χ0v) is 14.6. The van der Waals surface area contributed by atoms with E-state index in [2.05, 4.69) is 15.5 Å². The molecule has 1 N–H and O–H groups in total. The Hall–Kier alpha value is -2.38. The average molecular weight is 378 g/mol. The van der Waals surface area contributed by atoms with Crippen LogP contribution in [0.25, 0.3) is 11.5 Å². The fraction of sp³-hybridized carbons (Fsp3) is 0.118. The van der Waals surface area contributed by atoms with Gasteiger partial charge in [-0.25, -0.2) is 4.39 Å². The van der Waals surface area contributed by atoms with Crippen LogP contribution in [-0.4, -0.2) is 21.4 Å². The Bertz CT molecular complexity index is 886. The van der Waals surface area contributed by atoms with E-state index >= 15 is 0 Å². The lowest BCUT2D eigenvalue weighted by Gasteiger charge is -2.09. The number of aromatic nitrogens is 2. The molecule has 1 atom stereocenters. The molecule has 0 fully saturated rings. The van der Waals surface area contributed by atoms with Gasteiger partial charge in [-0.3, -0.25) is 4.79 Å². The minimum absolute atomic E-state index is 0.214. The second-order valence-electron chi connectivity index (χ2n) is 5.14. The van der Waals surface area contributed by atoms with Gasteiger partial charge in [0.1, 0.15) is 5.82 Å². The quantitative estimate of drug-likeness (QED) is 0.655. The lowest BCUT2D eigenvalue weighted by molar-refractivity contribution is -0.115. The molecule has 5 nitrogen and oxygen atoms in total. The van der Waals surface area contributed by atoms with Gasteiger partial charge < -0.3 is 9.73 Å². The number of nitrogens with one attached hydrogen (secondary N) is 1. The van der Waals surface area contributed by atoms with Gasteiger partial charge in [0.2, 0.25) is 11.8 Å². The largest absolute Gasteiger partial charge is 0.411 e. The van der Waals surface area contributed by atoms with Crippen molar-refractivity contribution >= 4 is 35.0 Å². The van der Waals surface area contributed by atoms with Crippen LogP contribution in [0.2, 0.25) is 5.02 Å². The molecular weight excluding hydrogens is 365 g/mol. The van der Waals surface area contributed by atoms with E-state index in [1.807, 2.05) is 0 Å². The normalized spacial score (nSPS) is 12.0. The minimum atomic E-state index is -0.458. The SMILES string of the molecule is C[C@@H](Sc1nnc(-c2ccc(F)cc2)o1)C(=O)Nc1cccc(Cl)c1. The highest BCUT2D eigenvalue weighted by Crippen LogP contribution is 2.27. The Morgan fingerprint density at radius 1 is 1.24 bits per heavy atom. The van der Waals surface area contributed by atoms with Gasteiger partial charge in [0.05, 0.1) is 5.25 Å². The number of benzene rings is 2. The number of hydrogen-bond acceptors (Lipinski definition) is 5. The van der Waals surface area contributed by atoms with Crippen LogP contribution in [0, 0.1) is 5.82 Å². The molecule has 0 aliphatic carbocycles. The first-order valence-electron chi connectivity index (χ1n) is 7.34. The van der Waals surface area contributed by atoms with E-state index in [-0.39, 0.29) is 22.8 Å². The van der Waals surface area contributed by atoms with Gasteiger partial charge in [0.15, 0.2) is 0 Å². The Morgan fingerprint density at radius 2 is 2.00 bits per heavy atom. The van der Waals surface area contributed by atoms with Crippen LogP contribution in [0.15, 0.2) is 58.2 Å². The van der Waals surface area contributed by atoms with Gasteiger partial charge in [0.25, 0.3) is 5.22 Å². The summed E-state index contributed by atoms with van der Waals surface area (Å²) in [6.45, 7) is 1.73. The summed E-state index contributed by atoms with van der Waals surface area (Å²) in [5.74, 6) is -0.289. The molecule has 0 aliphatic rings. The summed E-state index contributed by atoms with van der Waals surface area (Å²) in [6, 6.07) is 12.6. The summed E-state index contributed by atoms with van der Waals surface area (Å²) in [5.41, 5.74) is 1.22. The predicted molar refractivity (Wildman–Crippen MR) is 95.1 cm³/mol. The van der Waals surface area contributed by atoms with E-state index in [0.717, 1.165) is 11.8 Å². The van der Waals surface area contributed by atoms with Gasteiger partial charge in [-0.1, -0.05) is 29.4 Å². The molecule has 2 aromatic carbocycles. The van der Waals surface area contributed by atoms with Crippen molar-refractivity contribution in [3.8, 4) is 11.5 Å². The second-order valence-corrected chi connectivity index (χ2v) is 6.87. The standard InChI is InChI=1S/C17H13ClFN3O2S/c1-10(15(23)20-14-4-2-3-12(18)9-14)25-17-22-21-16(24-17)11-5-7-13(19)8-6-11/h2-10H,1H3,(H,20,23)/t10-/m1/s1. The Kier molecular flexibility index (Phi) is 5.35. The minimum Gasteiger partial charge on any atom is -0.411 e. The number of hydrogen-bond donors (Lipinski definition) is 1. The predicted octanol–water partition coefficient (Wildman–Crippen LogP) is 4.65. The van der Waals surface area contributed by atoms with E-state index in [0.29, 0.717) is 16.3 Å². The van der Waals surface area contributed by atoms with Gasteiger partial charge in [0, 0.05) is 16.3 Å². The fourth-order valence-corrected chi connectivity index (χ4v) is 2.86. The molecule has 1 heterocycles. The summed E-state index contributed by atoms with van der Waals surface area (Å²) < 4.78 is 18.5. The molecular formula is C17H13ClFN3O2S. The van der Waals surface area contributed by atoms with Crippen molar-refractivity contribution in [2.24, 2.45) is 0 Å². The molecule has 0 bridgehead atoms. The van der Waals surface area contributed by atoms with Gasteiger partial charge in [-0.2, -0.15) is 0 Å². The van der Waals surface area contributed by atoms with E-state index in [1.165, 1.54) is 12.1 Å². The van der Waals surface area contributed by atoms with Crippen LogP contribution in [-0.2, 0) is 4.79 Å². The first-order valence-corrected chi connectivity index (χ1v) is 8.59. The maximum absolute atomic E-state index is 12.9. The molecule has 0 saturated heterocycles. The highest BCUT2D eigenvalue weighted by atomic mass is 35.5. The summed E-state index contributed by atoms with van der Waals surface area (Å²) in [7, 11) is 0. The van der Waals surface area contributed by atoms with Crippen LogP contribution >= 0.6 is 23.4 Å². The highest BCUT2D eigenvalue weighted by Gasteiger charge is 2.19. The third-order valence-corrected chi connectivity index (χ3v) is 4.41. The first kappa shape index (κ1) is 17.4. The van der Waals surface area contributed by atoms with Crippen LogP contribution in [0.5, 0.6) is 0 Å². The number of nitrogens with zero attached hydrogens (tertiary/aromatic N) is 2. The number of carbonyl (C=O) groups is 1. The number of thioether (sulfide) groups is 1. The summed E-state index contributed by atoms with van der Waals surface area (Å²) in [4.78, 5) is 12.2. The molecule has 1 amide bonds. The number of carbonyl (C=O) groups excluding carboxylic acids is 1. The van der Waals surface area contributed by atoms with Crippen molar-refractivity contribution in [1.29, 1.82) is 0 Å². The van der Waals surface area contributed by atoms with Crippen LogP contribution in [0.1, 0.15) is 6.92 Å². The van der Waals surface area contributed by atoms with Crippen molar-refractivity contribution in [2.45, 2.75) is 17.4 Å². The van der Waals surface area contributed by atoms with Crippen molar-refractivity contribution in [1.82, 2.24) is 10.2 Å². The smallest absolute Gasteiger partial charge is 0.277 e. The molecule has 128 valence electrons. The molecule has 0 radical (unpaired) electrons. The monoisotopic (exact) mass is 377 g/mol. The van der Waals surface area contributed by atoms with Crippen LogP contribution in [0.3, 0.4) is 0 Å². The molecule has 25 heavy (non-hydrogen) atoms. The van der Waals surface area contributed by atoms with Gasteiger partial charge in [-0.15, -0.1) is 10.2 Å². The molecule has 0 aliphatic heterocycles. The Morgan fingerprint density at radius 3 is 2.72 bits per heavy atom. The molecule has 0 saturated carbocycles. The molecule has 8 heteroatoms. The van der Waals surface area contributed by atoms with Crippen molar-refractivity contribution in [3.05, 3.63) is 59.4 Å². The molecule has 3 aromatic rings. The van der Waals surface area contributed by atoms with E-state index < -0.39 is 5.25 Å². The topological polar surface area (TPSA) is 68.0 Å². The maximum Gasteiger partial charge on any atom is 0.277 e. The summed E-state index contributed by atoms with van der Waals surface area (Å²) in [5, 5.41) is 10.9. The zero-order valence-electron chi connectivity index (χ0n) is 13.1. The van der Waals surface area contributed by atoms with E-state index in [9.17, 15) is 9.18 Å². The summed E-state index contributed by atoms with van der Waals surface area (Å²) in [6.07, 6.45) is 0. The Labute approximate surface area is 152 Å². The first-order chi connectivity index (χ1) is 12.0. The van der Waals surface area contributed by atoms with Crippen molar-refractivity contribution in [3.63, 3.8) is 0 Å². The van der Waals surface area contributed by atoms with Gasteiger partial charge in [-0.05, 0) is 49.4 Å². The van der Waals surface area contributed by atoms with E-state index in [1.54, 1.807) is 43.3 Å². The molecule has 0 unspecified atom stereocenters. The van der Waals surface area contributed by atoms with Crippen LogP contribution < -0.4 is 5.32 Å². The lowest BCUT2D eigenvalue weighted by atomic mass is 10.2. The maximum atomic E-state index is 12.9. The third kappa shape index (κ3) is 4.58. The highest BCUT2D eigenvalue weighted by molar-refractivity contribution is 8.00. The number of halogens is 2. The zero-order chi connectivity index (χ0) is 17.8. The Balaban J connectivity index is 1.63. The number of amides is 1. The summed E-state index contributed by atoms with van der Waals surface area (Å²) >= 11 is 7.03. The molecule has 3 rings (SSSR count). The third-order valence-electron chi connectivity index (χ3n) is 3.24. The van der Waals surface area contributed by atoms with Crippen molar-refractivity contribution in [2.75, 3.05) is 5.32 Å². The number of rotatable bonds is 5. The van der Waals surface area contributed by atoms with E-state index in [4.69, 9.17) is 16.0 Å². The molecule has 1 aromatic heterocycles. The number of anilines is 1. The molecule has 0 spiro atoms. The van der Waals surface area contributed by atoms with Crippen LogP contribution in [0.4, 0.5) is 10.1 Å². The average Bonchev–Trinajstić information content (AvgIpc) is 3.04. The second kappa shape index (κ2) is 7.67. The van der Waals surface area contributed by atoms with Crippen molar-refractivity contribution < 1.29 is 13.6 Å². The van der Waals surface area contributed by atoms with Gasteiger partial charge >= 0.3 is 0 Å². The lowest BCUT2D eigenvalue weighted by Crippen LogP contribution is -2.22.